The summed E-state index contributed by atoms with van der Waals surface area (Å²) in [6.45, 7) is 2.60. The topological polar surface area (TPSA) is 84.7 Å². The Bertz CT molecular complexity index is 701. The highest BCUT2D eigenvalue weighted by Crippen LogP contribution is 2.15. The lowest BCUT2D eigenvalue weighted by Gasteiger charge is -2.22. The second kappa shape index (κ2) is 10.2. The summed E-state index contributed by atoms with van der Waals surface area (Å²) in [6.07, 6.45) is 5.45. The van der Waals surface area contributed by atoms with E-state index in [-0.39, 0.29) is 18.4 Å². The van der Waals surface area contributed by atoms with Crippen LogP contribution in [0, 0.1) is 0 Å². The van der Waals surface area contributed by atoms with Crippen molar-refractivity contribution in [3.63, 3.8) is 0 Å². The number of ether oxygens (including phenoxy) is 1. The first kappa shape index (κ1) is 19.5. The van der Waals surface area contributed by atoms with Gasteiger partial charge in [-0.1, -0.05) is 37.4 Å². The molecule has 0 saturated carbocycles. The summed E-state index contributed by atoms with van der Waals surface area (Å²) >= 11 is 0. The van der Waals surface area contributed by atoms with E-state index in [0.29, 0.717) is 23.7 Å². The molecule has 26 heavy (non-hydrogen) atoms. The Balaban J connectivity index is 2.05. The minimum absolute atomic E-state index is 0.0466. The smallest absolute Gasteiger partial charge is 0.254 e. The average Bonchev–Trinajstić information content (AvgIpc) is 3.16. The Morgan fingerprint density at radius 1 is 1.23 bits per heavy atom. The van der Waals surface area contributed by atoms with Gasteiger partial charge in [0.2, 0.25) is 5.91 Å². The molecule has 140 valence electrons. The van der Waals surface area contributed by atoms with Crippen molar-refractivity contribution in [1.29, 1.82) is 0 Å². The number of carbonyl (C=O) groups excluding carboxylic acids is 2. The molecule has 0 unspecified atom stereocenters. The molecule has 2 amide bonds. The van der Waals surface area contributed by atoms with Crippen molar-refractivity contribution in [2.75, 3.05) is 25.5 Å². The third-order valence-corrected chi connectivity index (χ3v) is 3.93. The molecule has 2 aromatic rings. The largest absolute Gasteiger partial charge is 0.497 e. The zero-order valence-corrected chi connectivity index (χ0v) is 15.2. The van der Waals surface area contributed by atoms with Crippen molar-refractivity contribution in [2.24, 2.45) is 0 Å². The second-order valence-corrected chi connectivity index (χ2v) is 5.95. The minimum atomic E-state index is -0.314. The van der Waals surface area contributed by atoms with Crippen molar-refractivity contribution < 1.29 is 18.8 Å². The Morgan fingerprint density at radius 2 is 2.08 bits per heavy atom. The Morgan fingerprint density at radius 3 is 2.77 bits per heavy atom. The monoisotopic (exact) mass is 359 g/mol. The summed E-state index contributed by atoms with van der Waals surface area (Å²) < 4.78 is 9.88. The maximum Gasteiger partial charge on any atom is 0.254 e. The molecule has 7 nitrogen and oxygen atoms in total. The number of amides is 2. The molecule has 1 aromatic heterocycles. The van der Waals surface area contributed by atoms with Crippen molar-refractivity contribution in [3.8, 4) is 5.75 Å². The van der Waals surface area contributed by atoms with E-state index in [1.165, 1.54) is 6.26 Å². The Hall–Kier alpha value is -2.83. The molecular formula is C19H25N3O4. The number of anilines is 1. The molecule has 1 aromatic carbocycles. The fourth-order valence-electron chi connectivity index (χ4n) is 2.55. The number of nitrogens with zero attached hydrogens (tertiary/aromatic N) is 2. The molecule has 2 rings (SSSR count). The highest BCUT2D eigenvalue weighted by atomic mass is 16.5. The predicted octanol–water partition coefficient (Wildman–Crippen LogP) is 3.34. The van der Waals surface area contributed by atoms with Crippen LogP contribution in [0.1, 0.15) is 43.0 Å². The van der Waals surface area contributed by atoms with E-state index in [1.54, 1.807) is 42.3 Å². The number of unbranched alkanes of at least 4 members (excludes halogenated alkanes) is 3. The van der Waals surface area contributed by atoms with Crippen LogP contribution in [0.15, 0.2) is 41.1 Å². The fraction of sp³-hybridized carbons (Fsp3) is 0.421. The lowest BCUT2D eigenvalue weighted by molar-refractivity contribution is -0.117. The van der Waals surface area contributed by atoms with Gasteiger partial charge < -0.3 is 19.5 Å². The molecule has 0 bridgehead atoms. The lowest BCUT2D eigenvalue weighted by Crippen LogP contribution is -2.38. The van der Waals surface area contributed by atoms with Crippen molar-refractivity contribution >= 4 is 17.6 Å². The zero-order valence-electron chi connectivity index (χ0n) is 15.2. The highest BCUT2D eigenvalue weighted by Gasteiger charge is 2.19. The van der Waals surface area contributed by atoms with Gasteiger partial charge in [0.1, 0.15) is 18.6 Å². The third kappa shape index (κ3) is 5.91. The summed E-state index contributed by atoms with van der Waals surface area (Å²) in [6, 6.07) is 8.49. The molecule has 0 aliphatic heterocycles. The number of hydrogen-bond donors (Lipinski definition) is 1. The Kier molecular flexibility index (Phi) is 7.67. The maximum atomic E-state index is 12.9. The number of rotatable bonds is 10. The van der Waals surface area contributed by atoms with Gasteiger partial charge in [0.25, 0.3) is 5.91 Å². The third-order valence-electron chi connectivity index (χ3n) is 3.93. The molecular weight excluding hydrogens is 334 g/mol. The zero-order chi connectivity index (χ0) is 18.8. The van der Waals surface area contributed by atoms with E-state index in [9.17, 15) is 9.59 Å². The first-order chi connectivity index (χ1) is 12.6. The standard InChI is InChI=1S/C19H25N3O4/c1-3-4-5-6-11-22(14-18(23)20-17-10-12-26-21-17)19(24)15-8-7-9-16(13-15)25-2/h7-10,12-13H,3-6,11,14H2,1-2H3,(H,20,21,23). The molecule has 7 heteroatoms. The number of hydrogen-bond acceptors (Lipinski definition) is 5. The summed E-state index contributed by atoms with van der Waals surface area (Å²) in [4.78, 5) is 26.7. The van der Waals surface area contributed by atoms with E-state index < -0.39 is 0 Å². The molecule has 1 heterocycles. The SMILES string of the molecule is CCCCCCN(CC(=O)Nc1ccon1)C(=O)c1cccc(OC)c1. The van der Waals surface area contributed by atoms with E-state index >= 15 is 0 Å². The van der Waals surface area contributed by atoms with Crippen LogP contribution in [0.3, 0.4) is 0 Å². The molecule has 0 atom stereocenters. The lowest BCUT2D eigenvalue weighted by atomic mass is 10.1. The summed E-state index contributed by atoms with van der Waals surface area (Å²) in [5, 5.41) is 6.27. The van der Waals surface area contributed by atoms with Gasteiger partial charge in [-0.3, -0.25) is 9.59 Å². The first-order valence-corrected chi connectivity index (χ1v) is 8.77. The van der Waals surface area contributed by atoms with Gasteiger partial charge in [0, 0.05) is 18.2 Å². The van der Waals surface area contributed by atoms with Crippen LogP contribution in [0.4, 0.5) is 5.82 Å². The molecule has 0 saturated heterocycles. The van der Waals surface area contributed by atoms with Gasteiger partial charge in [0.05, 0.1) is 7.11 Å². The quantitative estimate of drug-likeness (QED) is 0.658. The number of aromatic nitrogens is 1. The number of nitrogens with one attached hydrogen (secondary N) is 1. The number of carbonyl (C=O) groups is 2. The molecule has 0 aliphatic carbocycles. The van der Waals surface area contributed by atoms with Crippen LogP contribution in [-0.4, -0.2) is 42.1 Å². The van der Waals surface area contributed by atoms with Gasteiger partial charge in [-0.15, -0.1) is 0 Å². The Labute approximate surface area is 153 Å². The summed E-state index contributed by atoms with van der Waals surface area (Å²) in [5.41, 5.74) is 0.495. The van der Waals surface area contributed by atoms with Crippen LogP contribution in [0.2, 0.25) is 0 Å². The minimum Gasteiger partial charge on any atom is -0.497 e. The van der Waals surface area contributed by atoms with Crippen molar-refractivity contribution in [1.82, 2.24) is 10.1 Å². The summed E-state index contributed by atoms with van der Waals surface area (Å²) in [7, 11) is 1.55. The van der Waals surface area contributed by atoms with Gasteiger partial charge in [-0.2, -0.15) is 0 Å². The first-order valence-electron chi connectivity index (χ1n) is 8.77. The van der Waals surface area contributed by atoms with Gasteiger partial charge >= 0.3 is 0 Å². The fourth-order valence-corrected chi connectivity index (χ4v) is 2.55. The van der Waals surface area contributed by atoms with E-state index in [1.807, 2.05) is 0 Å². The van der Waals surface area contributed by atoms with E-state index in [2.05, 4.69) is 17.4 Å². The maximum absolute atomic E-state index is 12.9. The molecule has 1 N–H and O–H groups in total. The van der Waals surface area contributed by atoms with Crippen LogP contribution in [0.5, 0.6) is 5.75 Å². The molecule has 0 spiro atoms. The van der Waals surface area contributed by atoms with Gasteiger partial charge in [-0.05, 0) is 24.6 Å². The molecule has 0 radical (unpaired) electrons. The van der Waals surface area contributed by atoms with Gasteiger partial charge in [0.15, 0.2) is 5.82 Å². The molecule has 0 aliphatic rings. The highest BCUT2D eigenvalue weighted by molar-refractivity contribution is 5.99. The van der Waals surface area contributed by atoms with Crippen LogP contribution < -0.4 is 10.1 Å². The van der Waals surface area contributed by atoms with E-state index in [4.69, 9.17) is 9.26 Å². The second-order valence-electron chi connectivity index (χ2n) is 5.95. The van der Waals surface area contributed by atoms with Gasteiger partial charge in [-0.25, -0.2) is 0 Å². The van der Waals surface area contributed by atoms with Crippen LogP contribution >= 0.6 is 0 Å². The normalized spacial score (nSPS) is 10.4. The summed E-state index contributed by atoms with van der Waals surface area (Å²) in [5.74, 6) is 0.421. The van der Waals surface area contributed by atoms with Crippen LogP contribution in [0.25, 0.3) is 0 Å². The van der Waals surface area contributed by atoms with E-state index in [0.717, 1.165) is 25.7 Å². The predicted molar refractivity (Wildman–Crippen MR) is 98.2 cm³/mol. The number of benzene rings is 1. The van der Waals surface area contributed by atoms with Crippen molar-refractivity contribution in [3.05, 3.63) is 42.2 Å². The number of methoxy groups -OCH3 is 1. The van der Waals surface area contributed by atoms with Crippen LogP contribution in [-0.2, 0) is 4.79 Å². The average molecular weight is 359 g/mol. The molecule has 0 fully saturated rings. The van der Waals surface area contributed by atoms with Crippen molar-refractivity contribution in [2.45, 2.75) is 32.6 Å².